The number of carbonyl (C=O) groups is 1. The number of hydrogen-bond donors (Lipinski definition) is 2. The number of benzene rings is 1. The van der Waals surface area contributed by atoms with Gasteiger partial charge in [0.1, 0.15) is 5.75 Å². The summed E-state index contributed by atoms with van der Waals surface area (Å²) in [6, 6.07) is 8.02. The molecule has 0 saturated heterocycles. The van der Waals surface area contributed by atoms with Crippen LogP contribution < -0.4 is 15.8 Å². The van der Waals surface area contributed by atoms with Crippen molar-refractivity contribution in [2.24, 2.45) is 11.7 Å². The summed E-state index contributed by atoms with van der Waals surface area (Å²) in [6.07, 6.45) is 0.328. The van der Waals surface area contributed by atoms with Crippen LogP contribution in [0.4, 0.5) is 0 Å². The van der Waals surface area contributed by atoms with Gasteiger partial charge in [-0.05, 0) is 36.5 Å². The van der Waals surface area contributed by atoms with Crippen LogP contribution in [0, 0.1) is 5.92 Å². The lowest BCUT2D eigenvalue weighted by atomic mass is 9.88. The quantitative estimate of drug-likeness (QED) is 0.776. The first-order chi connectivity index (χ1) is 10.3. The van der Waals surface area contributed by atoms with Gasteiger partial charge in [0.25, 0.3) is 0 Å². The van der Waals surface area contributed by atoms with Crippen LogP contribution in [-0.2, 0) is 4.79 Å². The maximum absolute atomic E-state index is 12.0. The van der Waals surface area contributed by atoms with Crippen molar-refractivity contribution in [1.82, 2.24) is 5.32 Å². The molecule has 3 N–H and O–H groups in total. The second-order valence-electron chi connectivity index (χ2n) is 6.65. The fraction of sp³-hybridized carbons (Fsp3) is 0.611. The summed E-state index contributed by atoms with van der Waals surface area (Å²) < 4.78 is 5.63. The molecule has 1 aromatic carbocycles. The highest BCUT2D eigenvalue weighted by molar-refractivity contribution is 5.77. The van der Waals surface area contributed by atoms with Crippen LogP contribution in [0.1, 0.15) is 52.5 Å². The van der Waals surface area contributed by atoms with Crippen molar-refractivity contribution in [2.45, 2.75) is 52.5 Å². The normalized spacial score (nSPS) is 14.0. The van der Waals surface area contributed by atoms with Crippen molar-refractivity contribution >= 4 is 5.91 Å². The van der Waals surface area contributed by atoms with Crippen LogP contribution in [0.15, 0.2) is 24.3 Å². The molecule has 1 unspecified atom stereocenters. The number of nitrogens with two attached hydrogens (primary N) is 1. The Morgan fingerprint density at radius 3 is 2.27 bits per heavy atom. The molecule has 0 saturated carbocycles. The van der Waals surface area contributed by atoms with Crippen molar-refractivity contribution in [2.75, 3.05) is 13.2 Å². The molecule has 0 bridgehead atoms. The summed E-state index contributed by atoms with van der Waals surface area (Å²) in [5, 5.41) is 3.01. The Kier molecular flexibility index (Phi) is 6.88. The van der Waals surface area contributed by atoms with Crippen molar-refractivity contribution in [3.8, 4) is 5.75 Å². The molecule has 1 rings (SSSR count). The lowest BCUT2D eigenvalue weighted by Gasteiger charge is -2.33. The van der Waals surface area contributed by atoms with E-state index in [4.69, 9.17) is 10.5 Å². The SMILES string of the molecule is CC(C)c1ccc(OCCC(=O)NC(C)(CN)C(C)C)cc1. The van der Waals surface area contributed by atoms with Crippen molar-refractivity contribution < 1.29 is 9.53 Å². The van der Waals surface area contributed by atoms with Crippen molar-refractivity contribution in [3.63, 3.8) is 0 Å². The Balaban J connectivity index is 2.42. The molecule has 1 amide bonds. The monoisotopic (exact) mass is 306 g/mol. The number of hydrogen-bond acceptors (Lipinski definition) is 3. The minimum atomic E-state index is -0.365. The van der Waals surface area contributed by atoms with Crippen LogP contribution in [0.2, 0.25) is 0 Å². The minimum absolute atomic E-state index is 0.0274. The molecule has 1 aromatic rings. The number of nitrogens with one attached hydrogen (secondary N) is 1. The molecule has 4 nitrogen and oxygen atoms in total. The van der Waals surface area contributed by atoms with Crippen LogP contribution in [0.3, 0.4) is 0 Å². The summed E-state index contributed by atoms with van der Waals surface area (Å²) in [5.74, 6) is 1.55. The third kappa shape index (κ3) is 5.34. The first-order valence-corrected chi connectivity index (χ1v) is 8.02. The lowest BCUT2D eigenvalue weighted by molar-refractivity contribution is -0.123. The van der Waals surface area contributed by atoms with E-state index < -0.39 is 0 Å². The van der Waals surface area contributed by atoms with Crippen LogP contribution >= 0.6 is 0 Å². The molecular formula is C18H30N2O2. The van der Waals surface area contributed by atoms with E-state index in [0.717, 1.165) is 5.75 Å². The molecule has 0 aliphatic heterocycles. The molecule has 124 valence electrons. The van der Waals surface area contributed by atoms with Gasteiger partial charge in [-0.15, -0.1) is 0 Å². The highest BCUT2D eigenvalue weighted by Crippen LogP contribution is 2.19. The van der Waals surface area contributed by atoms with Crippen LogP contribution in [-0.4, -0.2) is 24.6 Å². The number of amides is 1. The van der Waals surface area contributed by atoms with Gasteiger partial charge in [-0.2, -0.15) is 0 Å². The smallest absolute Gasteiger partial charge is 0.223 e. The molecular weight excluding hydrogens is 276 g/mol. The molecule has 0 heterocycles. The molecule has 0 spiro atoms. The molecule has 1 atom stereocenters. The van der Waals surface area contributed by atoms with Gasteiger partial charge >= 0.3 is 0 Å². The first kappa shape index (κ1) is 18.5. The van der Waals surface area contributed by atoms with E-state index in [9.17, 15) is 4.79 Å². The van der Waals surface area contributed by atoms with Gasteiger partial charge < -0.3 is 15.8 Å². The van der Waals surface area contributed by atoms with Gasteiger partial charge in [-0.1, -0.05) is 39.8 Å². The second-order valence-corrected chi connectivity index (χ2v) is 6.65. The molecule has 22 heavy (non-hydrogen) atoms. The van der Waals surface area contributed by atoms with Gasteiger partial charge in [-0.25, -0.2) is 0 Å². The van der Waals surface area contributed by atoms with Crippen LogP contribution in [0.25, 0.3) is 0 Å². The first-order valence-electron chi connectivity index (χ1n) is 8.02. The zero-order chi connectivity index (χ0) is 16.8. The zero-order valence-corrected chi connectivity index (χ0v) is 14.5. The molecule has 0 aliphatic carbocycles. The molecule has 4 heteroatoms. The van der Waals surface area contributed by atoms with Gasteiger partial charge in [0.15, 0.2) is 0 Å². The van der Waals surface area contributed by atoms with Gasteiger partial charge in [0.2, 0.25) is 5.91 Å². The molecule has 0 fully saturated rings. The van der Waals surface area contributed by atoms with E-state index in [0.29, 0.717) is 25.5 Å². The Bertz CT molecular complexity index is 468. The Hall–Kier alpha value is -1.55. The summed E-state index contributed by atoms with van der Waals surface area (Å²) in [6.45, 7) is 11.2. The van der Waals surface area contributed by atoms with E-state index in [1.54, 1.807) is 0 Å². The number of ether oxygens (including phenoxy) is 1. The highest BCUT2D eigenvalue weighted by Gasteiger charge is 2.28. The predicted octanol–water partition coefficient (Wildman–Crippen LogP) is 3.07. The van der Waals surface area contributed by atoms with Gasteiger partial charge in [-0.3, -0.25) is 4.79 Å². The van der Waals surface area contributed by atoms with Crippen molar-refractivity contribution in [3.05, 3.63) is 29.8 Å². The maximum Gasteiger partial charge on any atom is 0.223 e. The number of carbonyl (C=O) groups excluding carboxylic acids is 1. The fourth-order valence-corrected chi connectivity index (χ4v) is 2.02. The van der Waals surface area contributed by atoms with E-state index in [1.165, 1.54) is 5.56 Å². The maximum atomic E-state index is 12.0. The third-order valence-corrected chi connectivity index (χ3v) is 4.27. The highest BCUT2D eigenvalue weighted by atomic mass is 16.5. The second kappa shape index (κ2) is 8.18. The topological polar surface area (TPSA) is 64.3 Å². The standard InChI is InChI=1S/C18H30N2O2/c1-13(2)15-6-8-16(9-7-15)22-11-10-17(21)20-18(5,12-19)14(3)4/h6-9,13-14H,10-12,19H2,1-5H3,(H,20,21). The number of rotatable bonds is 8. The lowest BCUT2D eigenvalue weighted by Crippen LogP contribution is -2.55. The third-order valence-electron chi connectivity index (χ3n) is 4.27. The van der Waals surface area contributed by atoms with E-state index >= 15 is 0 Å². The summed E-state index contributed by atoms with van der Waals surface area (Å²) in [5.41, 5.74) is 6.68. The van der Waals surface area contributed by atoms with E-state index in [2.05, 4.69) is 45.1 Å². The van der Waals surface area contributed by atoms with Gasteiger partial charge in [0, 0.05) is 6.54 Å². The minimum Gasteiger partial charge on any atom is -0.493 e. The van der Waals surface area contributed by atoms with E-state index in [1.807, 2.05) is 19.1 Å². The fourth-order valence-electron chi connectivity index (χ4n) is 2.02. The molecule has 0 radical (unpaired) electrons. The summed E-state index contributed by atoms with van der Waals surface area (Å²) in [4.78, 5) is 12.0. The molecule has 0 aliphatic rings. The average molecular weight is 306 g/mol. The summed E-state index contributed by atoms with van der Waals surface area (Å²) >= 11 is 0. The Morgan fingerprint density at radius 2 is 1.82 bits per heavy atom. The van der Waals surface area contributed by atoms with Crippen LogP contribution in [0.5, 0.6) is 5.75 Å². The molecule has 0 aromatic heterocycles. The summed E-state index contributed by atoms with van der Waals surface area (Å²) in [7, 11) is 0. The zero-order valence-electron chi connectivity index (χ0n) is 14.5. The Labute approximate surface area is 134 Å². The van der Waals surface area contributed by atoms with Crippen molar-refractivity contribution in [1.29, 1.82) is 0 Å². The van der Waals surface area contributed by atoms with Gasteiger partial charge in [0.05, 0.1) is 18.6 Å². The van der Waals surface area contributed by atoms with E-state index in [-0.39, 0.29) is 17.4 Å². The average Bonchev–Trinajstić information content (AvgIpc) is 2.47. The largest absolute Gasteiger partial charge is 0.493 e. The Morgan fingerprint density at radius 1 is 1.23 bits per heavy atom. The predicted molar refractivity (Wildman–Crippen MR) is 91.1 cm³/mol.